The van der Waals surface area contributed by atoms with E-state index in [9.17, 15) is 0 Å². The monoisotopic (exact) mass is 226 g/mol. The van der Waals surface area contributed by atoms with Crippen LogP contribution in [0.4, 0.5) is 0 Å². The van der Waals surface area contributed by atoms with Crippen molar-refractivity contribution < 1.29 is 0 Å². The zero-order valence-electron chi connectivity index (χ0n) is 9.50. The van der Waals surface area contributed by atoms with Gasteiger partial charge < -0.3 is 10.3 Å². The lowest BCUT2D eigenvalue weighted by atomic mass is 10.1. The second kappa shape index (κ2) is 5.28. The molecule has 2 aromatic rings. The fourth-order valence-corrected chi connectivity index (χ4v) is 1.80. The van der Waals surface area contributed by atoms with Crippen molar-refractivity contribution in [2.24, 2.45) is 5.73 Å². The molecule has 2 rings (SSSR count). The summed E-state index contributed by atoms with van der Waals surface area (Å²) in [5, 5.41) is 9.02. The molecule has 4 nitrogen and oxygen atoms in total. The topological polar surface area (TPSA) is 67.6 Å². The minimum atomic E-state index is 0.603. The van der Waals surface area contributed by atoms with Gasteiger partial charge in [0, 0.05) is 18.3 Å². The highest BCUT2D eigenvalue weighted by Crippen LogP contribution is 2.11. The molecule has 0 unspecified atom stereocenters. The number of imidazole rings is 1. The van der Waals surface area contributed by atoms with E-state index >= 15 is 0 Å². The van der Waals surface area contributed by atoms with Crippen LogP contribution < -0.4 is 5.73 Å². The maximum Gasteiger partial charge on any atom is 0.0995 e. The average Bonchev–Trinajstić information content (AvgIpc) is 2.78. The van der Waals surface area contributed by atoms with E-state index in [0.29, 0.717) is 18.7 Å². The van der Waals surface area contributed by atoms with E-state index in [2.05, 4.69) is 11.1 Å². The lowest BCUT2D eigenvalue weighted by Gasteiger charge is -2.08. The van der Waals surface area contributed by atoms with Crippen LogP contribution in [0.25, 0.3) is 0 Å². The van der Waals surface area contributed by atoms with Crippen LogP contribution in [-0.2, 0) is 13.0 Å². The van der Waals surface area contributed by atoms with E-state index in [1.165, 1.54) is 0 Å². The summed E-state index contributed by atoms with van der Waals surface area (Å²) in [5.41, 5.74) is 8.36. The summed E-state index contributed by atoms with van der Waals surface area (Å²) < 4.78 is 2.03. The Balaban J connectivity index is 2.26. The number of aromatic nitrogens is 2. The van der Waals surface area contributed by atoms with Crippen molar-refractivity contribution in [2.75, 3.05) is 6.54 Å². The zero-order chi connectivity index (χ0) is 12.1. The standard InChI is InChI=1S/C13H14N4/c14-6-5-13-8-16-10-17(13)9-12-4-2-1-3-11(12)7-15/h1-4,8,10H,5-6,9,14H2. The molecule has 0 saturated heterocycles. The van der Waals surface area contributed by atoms with E-state index in [-0.39, 0.29) is 0 Å². The lowest BCUT2D eigenvalue weighted by molar-refractivity contribution is 0.732. The number of nitrogens with zero attached hydrogens (tertiary/aromatic N) is 3. The van der Waals surface area contributed by atoms with Crippen LogP contribution in [0, 0.1) is 11.3 Å². The minimum absolute atomic E-state index is 0.603. The van der Waals surface area contributed by atoms with Gasteiger partial charge in [-0.25, -0.2) is 4.98 Å². The minimum Gasteiger partial charge on any atom is -0.330 e. The largest absolute Gasteiger partial charge is 0.330 e. The van der Waals surface area contributed by atoms with Crippen LogP contribution in [0.15, 0.2) is 36.8 Å². The van der Waals surface area contributed by atoms with E-state index in [1.54, 1.807) is 6.33 Å². The second-order valence-electron chi connectivity index (χ2n) is 3.82. The Kier molecular flexibility index (Phi) is 3.53. The highest BCUT2D eigenvalue weighted by atomic mass is 15.0. The number of rotatable bonds is 4. The van der Waals surface area contributed by atoms with Gasteiger partial charge >= 0.3 is 0 Å². The van der Waals surface area contributed by atoms with Gasteiger partial charge in [0.25, 0.3) is 0 Å². The molecule has 0 bridgehead atoms. The van der Waals surface area contributed by atoms with E-state index in [1.807, 2.05) is 35.0 Å². The Morgan fingerprint density at radius 2 is 2.18 bits per heavy atom. The third kappa shape index (κ3) is 2.52. The molecule has 1 aromatic carbocycles. The first kappa shape index (κ1) is 11.4. The first-order valence-electron chi connectivity index (χ1n) is 5.52. The van der Waals surface area contributed by atoms with Crippen molar-refractivity contribution in [3.05, 3.63) is 53.6 Å². The number of nitriles is 1. The Bertz CT molecular complexity index is 536. The summed E-state index contributed by atoms with van der Waals surface area (Å²) in [4.78, 5) is 4.12. The summed E-state index contributed by atoms with van der Waals surface area (Å²) in [6.07, 6.45) is 4.40. The maximum absolute atomic E-state index is 9.02. The molecule has 0 atom stereocenters. The number of nitrogens with two attached hydrogens (primary N) is 1. The lowest BCUT2D eigenvalue weighted by Crippen LogP contribution is -2.09. The SMILES string of the molecule is N#Cc1ccccc1Cn1cncc1CCN. The highest BCUT2D eigenvalue weighted by Gasteiger charge is 2.05. The number of benzene rings is 1. The van der Waals surface area contributed by atoms with E-state index in [0.717, 1.165) is 17.7 Å². The Hall–Kier alpha value is -2.12. The van der Waals surface area contributed by atoms with Gasteiger partial charge in [0.15, 0.2) is 0 Å². The van der Waals surface area contributed by atoms with Crippen LogP contribution in [0.2, 0.25) is 0 Å². The Labute approximate surface area is 100 Å². The van der Waals surface area contributed by atoms with E-state index < -0.39 is 0 Å². The molecule has 0 aliphatic rings. The van der Waals surface area contributed by atoms with Crippen LogP contribution in [0.1, 0.15) is 16.8 Å². The molecular weight excluding hydrogens is 212 g/mol. The first-order chi connectivity index (χ1) is 8.35. The third-order valence-electron chi connectivity index (χ3n) is 2.68. The molecule has 86 valence electrons. The predicted molar refractivity (Wildman–Crippen MR) is 65.2 cm³/mol. The van der Waals surface area contributed by atoms with Crippen molar-refractivity contribution in [2.45, 2.75) is 13.0 Å². The van der Waals surface area contributed by atoms with Crippen molar-refractivity contribution in [3.63, 3.8) is 0 Å². The Morgan fingerprint density at radius 1 is 1.35 bits per heavy atom. The van der Waals surface area contributed by atoms with Crippen molar-refractivity contribution >= 4 is 0 Å². The van der Waals surface area contributed by atoms with Gasteiger partial charge in [-0.1, -0.05) is 18.2 Å². The number of hydrogen-bond donors (Lipinski definition) is 1. The highest BCUT2D eigenvalue weighted by molar-refractivity contribution is 5.37. The van der Waals surface area contributed by atoms with Gasteiger partial charge in [0.2, 0.25) is 0 Å². The van der Waals surface area contributed by atoms with Crippen molar-refractivity contribution in [1.29, 1.82) is 5.26 Å². The average molecular weight is 226 g/mol. The Morgan fingerprint density at radius 3 is 2.94 bits per heavy atom. The normalized spacial score (nSPS) is 10.1. The third-order valence-corrected chi connectivity index (χ3v) is 2.68. The van der Waals surface area contributed by atoms with Crippen LogP contribution in [0.3, 0.4) is 0 Å². The van der Waals surface area contributed by atoms with Gasteiger partial charge in [-0.05, 0) is 18.2 Å². The van der Waals surface area contributed by atoms with Gasteiger partial charge in [-0.3, -0.25) is 0 Å². The maximum atomic E-state index is 9.02. The van der Waals surface area contributed by atoms with Crippen LogP contribution >= 0.6 is 0 Å². The van der Waals surface area contributed by atoms with Crippen LogP contribution in [-0.4, -0.2) is 16.1 Å². The fourth-order valence-electron chi connectivity index (χ4n) is 1.80. The van der Waals surface area contributed by atoms with E-state index in [4.69, 9.17) is 11.0 Å². The molecule has 0 fully saturated rings. The summed E-state index contributed by atoms with van der Waals surface area (Å²) in [7, 11) is 0. The quantitative estimate of drug-likeness (QED) is 0.854. The van der Waals surface area contributed by atoms with Gasteiger partial charge in [-0.15, -0.1) is 0 Å². The molecular formula is C13H14N4. The molecule has 0 amide bonds. The molecule has 17 heavy (non-hydrogen) atoms. The smallest absolute Gasteiger partial charge is 0.0995 e. The zero-order valence-corrected chi connectivity index (χ0v) is 9.50. The molecule has 1 heterocycles. The molecule has 0 spiro atoms. The molecule has 0 aliphatic heterocycles. The van der Waals surface area contributed by atoms with Gasteiger partial charge in [-0.2, -0.15) is 5.26 Å². The molecule has 1 aromatic heterocycles. The van der Waals surface area contributed by atoms with Crippen molar-refractivity contribution in [1.82, 2.24) is 9.55 Å². The van der Waals surface area contributed by atoms with Gasteiger partial charge in [0.05, 0.1) is 24.5 Å². The molecule has 4 heteroatoms. The summed E-state index contributed by atoms with van der Waals surface area (Å²) in [6.45, 7) is 1.27. The molecule has 0 aliphatic carbocycles. The fraction of sp³-hybridized carbons (Fsp3) is 0.231. The van der Waals surface area contributed by atoms with Crippen LogP contribution in [0.5, 0.6) is 0 Å². The molecule has 2 N–H and O–H groups in total. The van der Waals surface area contributed by atoms with Gasteiger partial charge in [0.1, 0.15) is 0 Å². The predicted octanol–water partition coefficient (Wildman–Crippen LogP) is 1.30. The number of hydrogen-bond acceptors (Lipinski definition) is 3. The summed E-state index contributed by atoms with van der Waals surface area (Å²) in [5.74, 6) is 0. The second-order valence-corrected chi connectivity index (χ2v) is 3.82. The summed E-state index contributed by atoms with van der Waals surface area (Å²) in [6, 6.07) is 9.80. The first-order valence-corrected chi connectivity index (χ1v) is 5.52. The van der Waals surface area contributed by atoms with Crippen molar-refractivity contribution in [3.8, 4) is 6.07 Å². The molecule has 0 radical (unpaired) electrons. The summed E-state index contributed by atoms with van der Waals surface area (Å²) >= 11 is 0. The molecule has 0 saturated carbocycles.